The zero-order valence-electron chi connectivity index (χ0n) is 7.49. The Morgan fingerprint density at radius 1 is 1.36 bits per heavy atom. The minimum Gasteiger partial charge on any atom is -0.464 e. The average Bonchev–Trinajstić information content (AvgIpc) is 2.43. The molecule has 14 heavy (non-hydrogen) atoms. The van der Waals surface area contributed by atoms with Crippen molar-refractivity contribution in [2.45, 2.75) is 6.92 Å². The molecule has 2 rings (SSSR count). The fourth-order valence-electron chi connectivity index (χ4n) is 1.46. The molecule has 0 spiro atoms. The van der Waals surface area contributed by atoms with Crippen molar-refractivity contribution in [1.29, 1.82) is 0 Å². The molecule has 2 aromatic rings. The third-order valence-corrected chi connectivity index (χ3v) is 2.41. The van der Waals surface area contributed by atoms with Crippen LogP contribution in [-0.4, -0.2) is 17.2 Å². The van der Waals surface area contributed by atoms with Crippen LogP contribution in [-0.2, 0) is 0 Å². The minimum absolute atomic E-state index is 0.169. The first-order valence-electron chi connectivity index (χ1n) is 4.14. The molecule has 0 aliphatic heterocycles. The van der Waals surface area contributed by atoms with Crippen LogP contribution in [0.3, 0.4) is 0 Å². The van der Waals surface area contributed by atoms with E-state index in [9.17, 15) is 0 Å². The fraction of sp³-hybridized carbons (Fsp3) is 0.111. The van der Waals surface area contributed by atoms with Gasteiger partial charge in [-0.05, 0) is 30.7 Å². The number of rotatable bonds is 1. The van der Waals surface area contributed by atoms with Gasteiger partial charge in [0.05, 0.1) is 0 Å². The van der Waals surface area contributed by atoms with Gasteiger partial charge in [-0.15, -0.1) is 0 Å². The van der Waals surface area contributed by atoms with Gasteiger partial charge in [0.2, 0.25) is 0 Å². The van der Waals surface area contributed by atoms with Gasteiger partial charge in [0.25, 0.3) is 0 Å². The van der Waals surface area contributed by atoms with Gasteiger partial charge >= 0.3 is 7.12 Å². The Morgan fingerprint density at radius 2 is 2.07 bits per heavy atom. The van der Waals surface area contributed by atoms with Crippen molar-refractivity contribution in [3.8, 4) is 0 Å². The highest BCUT2D eigenvalue weighted by Crippen LogP contribution is 2.22. The van der Waals surface area contributed by atoms with Crippen molar-refractivity contribution < 1.29 is 14.5 Å². The van der Waals surface area contributed by atoms with Crippen LogP contribution in [0.25, 0.3) is 11.0 Å². The van der Waals surface area contributed by atoms with E-state index in [1.165, 1.54) is 0 Å². The summed E-state index contributed by atoms with van der Waals surface area (Å²) in [6, 6.07) is 5.18. The molecule has 2 N–H and O–H groups in total. The number of fused-ring (bicyclic) bond motifs is 1. The quantitative estimate of drug-likeness (QED) is 0.693. The Labute approximate surface area is 86.1 Å². The third-order valence-electron chi connectivity index (χ3n) is 2.17. The van der Waals surface area contributed by atoms with Gasteiger partial charge in [-0.1, -0.05) is 11.6 Å². The molecule has 0 saturated carbocycles. The normalized spacial score (nSPS) is 10.9. The molecular weight excluding hydrogens is 202 g/mol. The number of hydrogen-bond acceptors (Lipinski definition) is 3. The monoisotopic (exact) mass is 210 g/mol. The lowest BCUT2D eigenvalue weighted by atomic mass is 9.84. The van der Waals surface area contributed by atoms with Gasteiger partial charge in [-0.3, -0.25) is 0 Å². The van der Waals surface area contributed by atoms with Crippen molar-refractivity contribution in [2.24, 2.45) is 0 Å². The second kappa shape index (κ2) is 3.31. The van der Waals surface area contributed by atoms with Gasteiger partial charge in [-0.25, -0.2) is 0 Å². The molecule has 0 radical (unpaired) electrons. The lowest BCUT2D eigenvalue weighted by Gasteiger charge is -1.92. The van der Waals surface area contributed by atoms with Crippen molar-refractivity contribution in [3.63, 3.8) is 0 Å². The molecular formula is C9H8BClO3. The Hall–Kier alpha value is -0.965. The molecule has 0 saturated heterocycles. The predicted octanol–water partition coefficient (Wildman–Crippen LogP) is 1.07. The Balaban J connectivity index is 2.73. The average molecular weight is 210 g/mol. The molecule has 1 aromatic heterocycles. The zero-order valence-corrected chi connectivity index (χ0v) is 8.25. The van der Waals surface area contributed by atoms with Gasteiger partial charge < -0.3 is 14.5 Å². The maximum Gasteiger partial charge on any atom is 0.526 e. The maximum atomic E-state index is 9.00. The molecule has 5 heteroatoms. The summed E-state index contributed by atoms with van der Waals surface area (Å²) < 4.78 is 5.26. The molecule has 3 nitrogen and oxygen atoms in total. The number of hydrogen-bond donors (Lipinski definition) is 2. The van der Waals surface area contributed by atoms with Gasteiger partial charge in [0.1, 0.15) is 11.2 Å². The number of halogens is 1. The molecule has 0 amide bonds. The molecule has 1 heterocycles. The Morgan fingerprint density at radius 3 is 2.71 bits per heavy atom. The maximum absolute atomic E-state index is 9.00. The molecule has 0 bridgehead atoms. The molecule has 1 aromatic carbocycles. The highest BCUT2D eigenvalue weighted by Gasteiger charge is 2.21. The highest BCUT2D eigenvalue weighted by atomic mass is 35.5. The fourth-order valence-corrected chi connectivity index (χ4v) is 1.63. The summed E-state index contributed by atoms with van der Waals surface area (Å²) in [4.78, 5) is 0. The number of furan rings is 1. The Kier molecular flexibility index (Phi) is 2.27. The van der Waals surface area contributed by atoms with Crippen LogP contribution < -0.4 is 5.66 Å². The van der Waals surface area contributed by atoms with Crippen molar-refractivity contribution in [3.05, 3.63) is 28.8 Å². The van der Waals surface area contributed by atoms with Crippen LogP contribution in [0.4, 0.5) is 0 Å². The summed E-state index contributed by atoms with van der Waals surface area (Å²) in [5, 5.41) is 19.4. The molecule has 0 atom stereocenters. The van der Waals surface area contributed by atoms with E-state index in [1.807, 2.05) is 0 Å². The van der Waals surface area contributed by atoms with Crippen LogP contribution in [0.15, 0.2) is 22.6 Å². The first kappa shape index (κ1) is 9.58. The van der Waals surface area contributed by atoms with Crippen molar-refractivity contribution in [1.82, 2.24) is 0 Å². The SMILES string of the molecule is Cc1c(B(O)O)oc2cc(Cl)ccc12. The highest BCUT2D eigenvalue weighted by molar-refractivity contribution is 6.58. The van der Waals surface area contributed by atoms with Crippen LogP contribution in [0.1, 0.15) is 5.56 Å². The Bertz CT molecular complexity index is 478. The zero-order chi connectivity index (χ0) is 10.3. The van der Waals surface area contributed by atoms with Crippen molar-refractivity contribution >= 4 is 35.3 Å². The molecule has 0 aliphatic carbocycles. The van der Waals surface area contributed by atoms with Gasteiger partial charge in [0.15, 0.2) is 0 Å². The summed E-state index contributed by atoms with van der Waals surface area (Å²) >= 11 is 5.77. The first-order chi connectivity index (χ1) is 6.59. The summed E-state index contributed by atoms with van der Waals surface area (Å²) in [7, 11) is -1.58. The van der Waals surface area contributed by atoms with E-state index in [0.717, 1.165) is 10.9 Å². The molecule has 72 valence electrons. The summed E-state index contributed by atoms with van der Waals surface area (Å²) in [6.07, 6.45) is 0. The van der Waals surface area contributed by atoms with Gasteiger partial charge in [-0.2, -0.15) is 0 Å². The standard InChI is InChI=1S/C9H8BClO3/c1-5-7-3-2-6(11)4-8(7)14-9(5)10(12)13/h2-4,12-13H,1H3. The minimum atomic E-state index is -1.58. The van der Waals surface area contributed by atoms with Crippen LogP contribution in [0, 0.1) is 6.92 Å². The largest absolute Gasteiger partial charge is 0.526 e. The van der Waals surface area contributed by atoms with Crippen LogP contribution in [0.2, 0.25) is 5.02 Å². The van der Waals surface area contributed by atoms with E-state index in [1.54, 1.807) is 25.1 Å². The van der Waals surface area contributed by atoms with Crippen molar-refractivity contribution in [2.75, 3.05) is 0 Å². The van der Waals surface area contributed by atoms with E-state index in [4.69, 9.17) is 26.1 Å². The molecule has 0 unspecified atom stereocenters. The lowest BCUT2D eigenvalue weighted by Crippen LogP contribution is -2.30. The number of benzene rings is 1. The molecule has 0 fully saturated rings. The molecule has 0 aliphatic rings. The van der Waals surface area contributed by atoms with E-state index >= 15 is 0 Å². The van der Waals surface area contributed by atoms with Gasteiger partial charge in [0, 0.05) is 10.4 Å². The smallest absolute Gasteiger partial charge is 0.464 e. The summed E-state index contributed by atoms with van der Waals surface area (Å²) in [5.41, 5.74) is 1.46. The second-order valence-electron chi connectivity index (χ2n) is 3.11. The second-order valence-corrected chi connectivity index (χ2v) is 3.54. The lowest BCUT2D eigenvalue weighted by molar-refractivity contribution is 0.412. The third kappa shape index (κ3) is 1.41. The van der Waals surface area contributed by atoms with Crippen LogP contribution >= 0.6 is 11.6 Å². The van der Waals surface area contributed by atoms with E-state index in [-0.39, 0.29) is 5.66 Å². The first-order valence-corrected chi connectivity index (χ1v) is 4.52. The predicted molar refractivity (Wildman–Crippen MR) is 55.8 cm³/mol. The van der Waals surface area contributed by atoms with E-state index in [0.29, 0.717) is 10.6 Å². The summed E-state index contributed by atoms with van der Waals surface area (Å²) in [5.74, 6) is 0. The number of aryl methyl sites for hydroxylation is 1. The van der Waals surface area contributed by atoms with E-state index in [2.05, 4.69) is 0 Å². The van der Waals surface area contributed by atoms with Crippen LogP contribution in [0.5, 0.6) is 0 Å². The van der Waals surface area contributed by atoms with E-state index < -0.39 is 7.12 Å². The topological polar surface area (TPSA) is 53.6 Å². The summed E-state index contributed by atoms with van der Waals surface area (Å²) in [6.45, 7) is 1.77.